The second-order valence-electron chi connectivity index (χ2n) is 7.13. The number of guanidine groups is 1. The summed E-state index contributed by atoms with van der Waals surface area (Å²) >= 11 is 0. The van der Waals surface area contributed by atoms with Crippen LogP contribution in [-0.4, -0.2) is 62.8 Å². The van der Waals surface area contributed by atoms with Crippen molar-refractivity contribution in [1.82, 2.24) is 20.2 Å². The van der Waals surface area contributed by atoms with Gasteiger partial charge in [0.05, 0.1) is 5.69 Å². The predicted octanol–water partition coefficient (Wildman–Crippen LogP) is -1.42. The first-order valence-corrected chi connectivity index (χ1v) is 10.2. The van der Waals surface area contributed by atoms with Gasteiger partial charge in [0.15, 0.2) is 5.96 Å². The van der Waals surface area contributed by atoms with Crippen molar-refractivity contribution in [3.63, 3.8) is 0 Å². The molecule has 2 amide bonds. The number of imidazole rings is 1. The van der Waals surface area contributed by atoms with Crippen LogP contribution in [0.5, 0.6) is 5.88 Å². The zero-order valence-electron chi connectivity index (χ0n) is 18.2. The summed E-state index contributed by atoms with van der Waals surface area (Å²) in [4.78, 5) is 53.8. The van der Waals surface area contributed by atoms with Gasteiger partial charge in [-0.3, -0.25) is 14.4 Å². The summed E-state index contributed by atoms with van der Waals surface area (Å²) in [5.41, 5.74) is 10.6. The number of benzene rings is 1. The summed E-state index contributed by atoms with van der Waals surface area (Å²) in [5, 5.41) is 23.9. The molecule has 9 N–H and O–H groups in total. The molecule has 0 aliphatic heterocycles. The number of carboxylic acid groups (broad SMARTS) is 1. The van der Waals surface area contributed by atoms with Gasteiger partial charge < -0.3 is 42.0 Å². The first-order chi connectivity index (χ1) is 16.2. The minimum Gasteiger partial charge on any atom is -0.493 e. The van der Waals surface area contributed by atoms with E-state index in [4.69, 9.17) is 16.2 Å². The summed E-state index contributed by atoms with van der Waals surface area (Å²) in [6.07, 6.45) is -0.289. The van der Waals surface area contributed by atoms with Gasteiger partial charge in [-0.1, -0.05) is 30.3 Å². The van der Waals surface area contributed by atoms with E-state index < -0.39 is 48.7 Å². The van der Waals surface area contributed by atoms with Gasteiger partial charge in [-0.15, -0.1) is 0 Å². The Morgan fingerprint density at radius 1 is 1.21 bits per heavy atom. The summed E-state index contributed by atoms with van der Waals surface area (Å²) < 4.78 is 5.76. The van der Waals surface area contributed by atoms with Gasteiger partial charge in [0.25, 0.3) is 0 Å². The number of aromatic nitrogens is 2. The number of hydrogen-bond acceptors (Lipinski definition) is 7. The minimum atomic E-state index is -1.48. The molecule has 184 valence electrons. The van der Waals surface area contributed by atoms with Crippen LogP contribution < -0.4 is 27.8 Å². The van der Waals surface area contributed by atoms with E-state index in [-0.39, 0.29) is 31.2 Å². The number of amides is 2. The third kappa shape index (κ3) is 8.22. The number of H-pyrrole nitrogens is 1. The summed E-state index contributed by atoms with van der Waals surface area (Å²) in [5.74, 6) is -2.66. The molecule has 0 unspecified atom stereocenters. The summed E-state index contributed by atoms with van der Waals surface area (Å²) in [7, 11) is 0. The number of nitrogens with two attached hydrogens (primary N) is 2. The second-order valence-corrected chi connectivity index (χ2v) is 7.13. The van der Waals surface area contributed by atoms with Crippen LogP contribution in [0.15, 0.2) is 40.1 Å². The Hall–Kier alpha value is -4.49. The highest BCUT2D eigenvalue weighted by Crippen LogP contribution is 2.14. The molecule has 1 atom stereocenters. The second kappa shape index (κ2) is 12.5. The number of aliphatic carboxylic acids is 1. The van der Waals surface area contributed by atoms with Crippen LogP contribution in [0.2, 0.25) is 0 Å². The zero-order chi connectivity index (χ0) is 25.1. The maximum atomic E-state index is 12.2. The lowest BCUT2D eigenvalue weighted by molar-refractivity contribution is -0.139. The predicted molar refractivity (Wildman–Crippen MR) is 120 cm³/mol. The van der Waals surface area contributed by atoms with E-state index in [0.717, 1.165) is 4.57 Å². The number of rotatable bonds is 12. The summed E-state index contributed by atoms with van der Waals surface area (Å²) in [6.45, 7) is -0.818. The lowest BCUT2D eigenvalue weighted by Crippen LogP contribution is -2.49. The highest BCUT2D eigenvalue weighted by atomic mass is 16.5. The SMILES string of the molecule is NC(N)=NCCCc1[nH]c(=O)n(CC(=O)NC[C@H](NC(=O)OCc2ccccc2)C(=O)O)c1O. The molecule has 2 aromatic rings. The van der Waals surface area contributed by atoms with Crippen molar-refractivity contribution in [1.29, 1.82) is 0 Å². The third-order valence-electron chi connectivity index (χ3n) is 4.52. The van der Waals surface area contributed by atoms with Gasteiger partial charge in [-0.25, -0.2) is 14.4 Å². The molecule has 1 aromatic carbocycles. The molecule has 0 radical (unpaired) electrons. The van der Waals surface area contributed by atoms with Gasteiger partial charge in [-0.05, 0) is 18.4 Å². The Morgan fingerprint density at radius 3 is 2.56 bits per heavy atom. The summed E-state index contributed by atoms with van der Waals surface area (Å²) in [6, 6.07) is 7.30. The fourth-order valence-electron chi connectivity index (χ4n) is 2.82. The highest BCUT2D eigenvalue weighted by molar-refractivity contribution is 5.82. The number of aromatic amines is 1. The number of nitrogens with one attached hydrogen (secondary N) is 3. The molecule has 0 aliphatic rings. The van der Waals surface area contributed by atoms with Gasteiger partial charge in [-0.2, -0.15) is 0 Å². The van der Waals surface area contributed by atoms with Crippen LogP contribution in [0, 0.1) is 0 Å². The number of alkyl carbamates (subject to hydrolysis) is 1. The van der Waals surface area contributed by atoms with Crippen molar-refractivity contribution in [2.75, 3.05) is 13.1 Å². The topological polar surface area (TPSA) is 227 Å². The maximum Gasteiger partial charge on any atom is 0.408 e. The molecule has 0 aliphatic carbocycles. The van der Waals surface area contributed by atoms with Crippen molar-refractivity contribution >= 4 is 23.9 Å². The lowest BCUT2D eigenvalue weighted by Gasteiger charge is -2.15. The number of carbonyl (C=O) groups excluding carboxylic acids is 2. The van der Waals surface area contributed by atoms with Crippen LogP contribution in [0.3, 0.4) is 0 Å². The largest absolute Gasteiger partial charge is 0.493 e. The van der Waals surface area contributed by atoms with Gasteiger partial charge in [0, 0.05) is 13.1 Å². The van der Waals surface area contributed by atoms with E-state index >= 15 is 0 Å². The number of aromatic hydroxyl groups is 1. The number of ether oxygens (including phenoxy) is 1. The van der Waals surface area contributed by atoms with Crippen LogP contribution in [0.4, 0.5) is 4.79 Å². The molecule has 1 aromatic heterocycles. The van der Waals surface area contributed by atoms with Crippen molar-refractivity contribution < 1.29 is 29.3 Å². The van der Waals surface area contributed by atoms with Gasteiger partial charge >= 0.3 is 17.8 Å². The minimum absolute atomic E-state index is 0.0602. The molecule has 0 spiro atoms. The highest BCUT2D eigenvalue weighted by Gasteiger charge is 2.22. The Balaban J connectivity index is 1.85. The molecule has 14 nitrogen and oxygen atoms in total. The van der Waals surface area contributed by atoms with Crippen LogP contribution in [-0.2, 0) is 33.9 Å². The Morgan fingerprint density at radius 2 is 1.91 bits per heavy atom. The van der Waals surface area contributed by atoms with Gasteiger partial charge in [0.2, 0.25) is 11.8 Å². The van der Waals surface area contributed by atoms with Crippen molar-refractivity contribution in [2.24, 2.45) is 16.5 Å². The quantitative estimate of drug-likeness (QED) is 0.108. The maximum absolute atomic E-state index is 12.2. The number of carbonyl (C=O) groups is 3. The molecule has 2 rings (SSSR count). The molecule has 1 heterocycles. The molecule has 34 heavy (non-hydrogen) atoms. The Labute approximate surface area is 193 Å². The zero-order valence-corrected chi connectivity index (χ0v) is 18.2. The van der Waals surface area contributed by atoms with Crippen molar-refractivity contribution in [3.8, 4) is 5.88 Å². The standard InChI is InChI=1S/C20H27N7O7/c21-18(22)23-8-4-7-13-16(29)27(19(32)25-13)10-15(28)24-9-14(17(30)31)26-20(33)34-11-12-5-2-1-3-6-12/h1-3,5-6,14,29H,4,7-11H2,(H,24,28)(H,25,32)(H,26,33)(H,30,31)(H4,21,22,23)/t14-/m0/s1. The average molecular weight is 477 g/mol. The first kappa shape index (κ1) is 25.8. The number of nitrogens with zero attached hydrogens (tertiary/aromatic N) is 2. The lowest BCUT2D eigenvalue weighted by atomic mass is 10.2. The molecule has 0 saturated carbocycles. The monoisotopic (exact) mass is 477 g/mol. The van der Waals surface area contributed by atoms with E-state index in [2.05, 4.69) is 20.6 Å². The van der Waals surface area contributed by atoms with E-state index in [1.165, 1.54) is 0 Å². The first-order valence-electron chi connectivity index (χ1n) is 10.2. The van der Waals surface area contributed by atoms with Crippen LogP contribution >= 0.6 is 0 Å². The Kier molecular flexibility index (Phi) is 9.49. The number of carboxylic acids is 1. The molecule has 0 bridgehead atoms. The average Bonchev–Trinajstić information content (AvgIpc) is 3.06. The van der Waals surface area contributed by atoms with E-state index in [0.29, 0.717) is 12.0 Å². The van der Waals surface area contributed by atoms with Gasteiger partial charge in [0.1, 0.15) is 19.2 Å². The number of hydrogen-bond donors (Lipinski definition) is 7. The van der Waals surface area contributed by atoms with Crippen LogP contribution in [0.25, 0.3) is 0 Å². The molecule has 0 saturated heterocycles. The smallest absolute Gasteiger partial charge is 0.408 e. The van der Waals surface area contributed by atoms with E-state index in [9.17, 15) is 29.4 Å². The van der Waals surface area contributed by atoms with E-state index in [1.807, 2.05) is 0 Å². The number of aryl methyl sites for hydroxylation is 1. The van der Waals surface area contributed by atoms with Crippen molar-refractivity contribution in [3.05, 3.63) is 52.1 Å². The molecule has 0 fully saturated rings. The molecule has 14 heteroatoms. The van der Waals surface area contributed by atoms with Crippen molar-refractivity contribution in [2.45, 2.75) is 32.0 Å². The van der Waals surface area contributed by atoms with Crippen LogP contribution in [0.1, 0.15) is 17.7 Å². The Bertz CT molecular complexity index is 1070. The fraction of sp³-hybridized carbons (Fsp3) is 0.350. The normalized spacial score (nSPS) is 11.3. The molecular formula is C20H27N7O7. The fourth-order valence-corrected chi connectivity index (χ4v) is 2.82. The molecular weight excluding hydrogens is 450 g/mol. The van der Waals surface area contributed by atoms with E-state index in [1.54, 1.807) is 30.3 Å². The third-order valence-corrected chi connectivity index (χ3v) is 4.52. The number of aliphatic imine (C=N–C) groups is 1.